The Morgan fingerprint density at radius 2 is 1.41 bits per heavy atom. The van der Waals surface area contributed by atoms with Gasteiger partial charge in [-0.05, 0) is 46.4 Å². The Morgan fingerprint density at radius 1 is 0.857 bits per heavy atom. The SMILES string of the molecule is COc1ccc(CO[C@@H]2[C@H]3N=C(N(CC(OCc4ccccc4)C(C)(C)C)C(=O)O)S[C@H]3O[C@H](CO)[C@H]2OCc2ccc(OC)cc2)cc1. The van der Waals surface area contributed by atoms with E-state index in [1.165, 1.54) is 16.7 Å². The molecule has 0 radical (unpaired) electrons. The Kier molecular flexibility index (Phi) is 12.6. The van der Waals surface area contributed by atoms with Crippen LogP contribution < -0.4 is 9.47 Å². The van der Waals surface area contributed by atoms with Gasteiger partial charge in [-0.25, -0.2) is 4.79 Å². The summed E-state index contributed by atoms with van der Waals surface area (Å²) in [6.07, 6.45) is -3.69. The number of aliphatic hydroxyl groups is 1. The van der Waals surface area contributed by atoms with Crippen LogP contribution in [-0.2, 0) is 38.8 Å². The monoisotopic (exact) mass is 694 g/mol. The normalized spacial score (nSPS) is 22.6. The lowest BCUT2D eigenvalue weighted by atomic mass is 9.88. The van der Waals surface area contributed by atoms with Crippen LogP contribution in [0.2, 0.25) is 0 Å². The maximum absolute atomic E-state index is 12.8. The van der Waals surface area contributed by atoms with Gasteiger partial charge in [0.2, 0.25) is 0 Å². The molecular weight excluding hydrogens is 648 g/mol. The van der Waals surface area contributed by atoms with Gasteiger partial charge < -0.3 is 38.6 Å². The second-order valence-corrected chi connectivity index (χ2v) is 14.1. The Balaban J connectivity index is 1.39. The molecule has 264 valence electrons. The number of methoxy groups -OCH3 is 2. The predicted molar refractivity (Wildman–Crippen MR) is 187 cm³/mol. The molecule has 0 bridgehead atoms. The maximum Gasteiger partial charge on any atom is 0.413 e. The summed E-state index contributed by atoms with van der Waals surface area (Å²) in [4.78, 5) is 18.9. The largest absolute Gasteiger partial charge is 0.497 e. The zero-order valence-corrected chi connectivity index (χ0v) is 29.4. The molecule has 49 heavy (non-hydrogen) atoms. The fourth-order valence-electron chi connectivity index (χ4n) is 5.64. The van der Waals surface area contributed by atoms with E-state index in [0.29, 0.717) is 6.61 Å². The average Bonchev–Trinajstić information content (AvgIpc) is 3.53. The Bertz CT molecular complexity index is 1520. The number of hydrogen-bond acceptors (Lipinski definition) is 10. The molecule has 3 aromatic rings. The highest BCUT2D eigenvalue weighted by Crippen LogP contribution is 2.41. The highest BCUT2D eigenvalue weighted by Gasteiger charge is 2.52. The van der Waals surface area contributed by atoms with Gasteiger partial charge in [0.05, 0.1) is 53.3 Å². The van der Waals surface area contributed by atoms with Crippen LogP contribution in [0.1, 0.15) is 37.5 Å². The fraction of sp³-hybridized carbons (Fsp3) is 0.459. The van der Waals surface area contributed by atoms with Gasteiger partial charge in [-0.15, -0.1) is 0 Å². The van der Waals surface area contributed by atoms with Crippen LogP contribution in [-0.4, -0.2) is 89.6 Å². The number of rotatable bonds is 14. The third kappa shape index (κ3) is 9.53. The van der Waals surface area contributed by atoms with Crippen LogP contribution in [0.25, 0.3) is 0 Å². The van der Waals surface area contributed by atoms with Crippen LogP contribution in [0.4, 0.5) is 4.79 Å². The van der Waals surface area contributed by atoms with E-state index in [1.807, 2.05) is 99.6 Å². The summed E-state index contributed by atoms with van der Waals surface area (Å²) in [5, 5.41) is 21.2. The Labute approximate surface area is 292 Å². The van der Waals surface area contributed by atoms with Crippen molar-refractivity contribution in [3.63, 3.8) is 0 Å². The van der Waals surface area contributed by atoms with E-state index in [2.05, 4.69) is 0 Å². The quantitative estimate of drug-likeness (QED) is 0.208. The third-order valence-electron chi connectivity index (χ3n) is 8.55. The van der Waals surface area contributed by atoms with Crippen molar-refractivity contribution in [1.29, 1.82) is 0 Å². The number of carboxylic acid groups (broad SMARTS) is 1. The summed E-state index contributed by atoms with van der Waals surface area (Å²) in [6.45, 7) is 6.61. The average molecular weight is 695 g/mol. The topological polar surface area (TPSA) is 129 Å². The van der Waals surface area contributed by atoms with E-state index in [9.17, 15) is 15.0 Å². The second kappa shape index (κ2) is 16.8. The number of hydrogen-bond donors (Lipinski definition) is 2. The van der Waals surface area contributed by atoms with Crippen molar-refractivity contribution >= 4 is 23.0 Å². The summed E-state index contributed by atoms with van der Waals surface area (Å²) in [6, 6.07) is 24.2. The van der Waals surface area contributed by atoms with Gasteiger partial charge in [-0.1, -0.05) is 87.1 Å². The molecule has 1 fully saturated rings. The second-order valence-electron chi connectivity index (χ2n) is 13.0. The van der Waals surface area contributed by atoms with Gasteiger partial charge in [-0.2, -0.15) is 0 Å². The molecule has 0 aliphatic carbocycles. The highest BCUT2D eigenvalue weighted by atomic mass is 32.2. The first-order chi connectivity index (χ1) is 23.6. The molecule has 0 aromatic heterocycles. The van der Waals surface area contributed by atoms with Gasteiger partial charge in [0.15, 0.2) is 5.17 Å². The first-order valence-corrected chi connectivity index (χ1v) is 17.1. The molecule has 3 aromatic carbocycles. The summed E-state index contributed by atoms with van der Waals surface area (Å²) >= 11 is 1.21. The van der Waals surface area contributed by atoms with Gasteiger partial charge in [0, 0.05) is 0 Å². The minimum absolute atomic E-state index is 0.0646. The lowest BCUT2D eigenvalue weighted by Gasteiger charge is -2.42. The van der Waals surface area contributed by atoms with Gasteiger partial charge >= 0.3 is 6.09 Å². The number of aliphatic imine (C=N–C) groups is 1. The number of benzene rings is 3. The van der Waals surface area contributed by atoms with Crippen LogP contribution in [0.5, 0.6) is 11.5 Å². The molecule has 1 saturated heterocycles. The van der Waals surface area contributed by atoms with E-state index in [-0.39, 0.29) is 36.9 Å². The molecule has 2 N–H and O–H groups in total. The van der Waals surface area contributed by atoms with Crippen molar-refractivity contribution in [2.24, 2.45) is 10.4 Å². The van der Waals surface area contributed by atoms with Crippen molar-refractivity contribution in [1.82, 2.24) is 4.90 Å². The Morgan fingerprint density at radius 3 is 1.92 bits per heavy atom. The zero-order valence-electron chi connectivity index (χ0n) is 28.6. The van der Waals surface area contributed by atoms with E-state index in [4.69, 9.17) is 33.4 Å². The molecule has 0 saturated carbocycles. The lowest BCUT2D eigenvalue weighted by molar-refractivity contribution is -0.205. The summed E-state index contributed by atoms with van der Waals surface area (Å²) in [5.74, 6) is 1.46. The van der Waals surface area contributed by atoms with Gasteiger partial charge in [0.25, 0.3) is 0 Å². The van der Waals surface area contributed by atoms with Crippen molar-refractivity contribution in [2.45, 2.75) is 76.5 Å². The fourth-order valence-corrected chi connectivity index (χ4v) is 6.86. The first kappa shape index (κ1) is 36.6. The van der Waals surface area contributed by atoms with E-state index >= 15 is 0 Å². The third-order valence-corrected chi connectivity index (χ3v) is 9.71. The number of ether oxygens (including phenoxy) is 6. The Hall–Kier alpha value is -3.65. The molecule has 0 spiro atoms. The number of fused-ring (bicyclic) bond motifs is 1. The molecule has 1 unspecified atom stereocenters. The summed E-state index contributed by atoms with van der Waals surface area (Å²) < 4.78 is 36.2. The van der Waals surface area contributed by atoms with Crippen LogP contribution in [0.3, 0.4) is 0 Å². The molecule has 2 aliphatic heterocycles. The number of carbonyl (C=O) groups is 1. The predicted octanol–water partition coefficient (Wildman–Crippen LogP) is 5.97. The number of amides is 1. The molecule has 1 amide bonds. The minimum atomic E-state index is -1.15. The van der Waals surface area contributed by atoms with E-state index in [1.54, 1.807) is 14.2 Å². The number of amidine groups is 1. The standard InChI is InChI=1S/C37H46N2O9S/c1-37(2,3)30(45-21-24-9-7-6-8-10-24)19-39(36(41)42)35-38-31-33(47-23-26-13-17-28(44-5)18-14-26)32(29(20-40)48-34(31)49-35)46-22-25-11-15-27(43-4)16-12-25/h6-18,29-34,40H,19-23H2,1-5H3,(H,41,42)/t29-,30?,31-,32-,33-,34-/m1/s1. The van der Waals surface area contributed by atoms with Crippen molar-refractivity contribution in [3.05, 3.63) is 95.6 Å². The van der Waals surface area contributed by atoms with Crippen LogP contribution in [0, 0.1) is 5.41 Å². The molecule has 12 heteroatoms. The van der Waals surface area contributed by atoms with E-state index < -0.39 is 42.0 Å². The van der Waals surface area contributed by atoms with Crippen molar-refractivity contribution in [3.8, 4) is 11.5 Å². The van der Waals surface area contributed by atoms with Crippen LogP contribution >= 0.6 is 11.8 Å². The minimum Gasteiger partial charge on any atom is -0.497 e. The number of nitrogens with zero attached hydrogens (tertiary/aromatic N) is 2. The molecule has 11 nitrogen and oxygen atoms in total. The highest BCUT2D eigenvalue weighted by molar-refractivity contribution is 8.14. The molecular formula is C37H46N2O9S. The maximum atomic E-state index is 12.8. The van der Waals surface area contributed by atoms with E-state index in [0.717, 1.165) is 28.2 Å². The molecule has 6 atom stereocenters. The first-order valence-electron chi connectivity index (χ1n) is 16.3. The smallest absolute Gasteiger partial charge is 0.413 e. The molecule has 5 rings (SSSR count). The zero-order chi connectivity index (χ0) is 35.0. The number of thioether (sulfide) groups is 1. The summed E-state index contributed by atoms with van der Waals surface area (Å²) in [5.41, 5.74) is 1.83. The van der Waals surface area contributed by atoms with Crippen LogP contribution in [0.15, 0.2) is 83.9 Å². The molecule has 2 heterocycles. The van der Waals surface area contributed by atoms with Crippen molar-refractivity contribution in [2.75, 3.05) is 27.4 Å². The number of aliphatic hydroxyl groups excluding tert-OH is 1. The van der Waals surface area contributed by atoms with Crippen molar-refractivity contribution < 1.29 is 43.4 Å². The van der Waals surface area contributed by atoms with Gasteiger partial charge in [-0.3, -0.25) is 9.89 Å². The molecule has 2 aliphatic rings. The summed E-state index contributed by atoms with van der Waals surface area (Å²) in [7, 11) is 3.22. The van der Waals surface area contributed by atoms with Gasteiger partial charge in [0.1, 0.15) is 41.3 Å². The lowest BCUT2D eigenvalue weighted by Crippen LogP contribution is -2.57.